The first-order valence-electron chi connectivity index (χ1n) is 10.8. The number of aryl methyl sites for hydroxylation is 1. The summed E-state index contributed by atoms with van der Waals surface area (Å²) in [5, 5.41) is 2.95. The number of carbonyl (C=O) groups is 2. The molecule has 0 saturated carbocycles. The van der Waals surface area contributed by atoms with Gasteiger partial charge in [-0.2, -0.15) is 0 Å². The molecule has 0 aliphatic carbocycles. The van der Waals surface area contributed by atoms with Crippen LogP contribution in [0.4, 0.5) is 0 Å². The maximum absolute atomic E-state index is 13.2. The fourth-order valence-electron chi connectivity index (χ4n) is 3.32. The first-order chi connectivity index (χ1) is 15.0. The first-order valence-corrected chi connectivity index (χ1v) is 12.0. The lowest BCUT2D eigenvalue weighted by Gasteiger charge is -2.30. The van der Waals surface area contributed by atoms with Gasteiger partial charge in [0.25, 0.3) is 0 Å². The number of hydrogen-bond acceptors (Lipinski definition) is 4. The Bertz CT molecular complexity index is 839. The molecule has 2 aromatic carbocycles. The van der Waals surface area contributed by atoms with Crippen LogP contribution in [0.2, 0.25) is 0 Å². The molecule has 2 aromatic rings. The van der Waals surface area contributed by atoms with Crippen LogP contribution in [-0.2, 0) is 21.9 Å². The van der Waals surface area contributed by atoms with Crippen LogP contribution in [-0.4, -0.2) is 42.2 Å². The van der Waals surface area contributed by atoms with Crippen molar-refractivity contribution in [1.82, 2.24) is 10.2 Å². The quantitative estimate of drug-likeness (QED) is 0.523. The Morgan fingerprint density at radius 1 is 1.10 bits per heavy atom. The van der Waals surface area contributed by atoms with Crippen LogP contribution in [0.5, 0.6) is 5.75 Å². The van der Waals surface area contributed by atoms with Crippen molar-refractivity contribution < 1.29 is 14.3 Å². The van der Waals surface area contributed by atoms with E-state index in [1.54, 1.807) is 23.8 Å². The molecule has 0 heterocycles. The topological polar surface area (TPSA) is 58.6 Å². The van der Waals surface area contributed by atoms with E-state index >= 15 is 0 Å². The summed E-state index contributed by atoms with van der Waals surface area (Å²) < 4.78 is 5.23. The van der Waals surface area contributed by atoms with E-state index in [0.717, 1.165) is 23.5 Å². The zero-order valence-corrected chi connectivity index (χ0v) is 19.8. The lowest BCUT2D eigenvalue weighted by molar-refractivity contribution is -0.139. The molecular weight excluding hydrogens is 408 g/mol. The van der Waals surface area contributed by atoms with Gasteiger partial charge in [0.1, 0.15) is 11.8 Å². The van der Waals surface area contributed by atoms with Gasteiger partial charge in [0.05, 0.1) is 12.9 Å². The Balaban J connectivity index is 2.12. The summed E-state index contributed by atoms with van der Waals surface area (Å²) in [5.74, 6) is 1.77. The number of thioether (sulfide) groups is 1. The average molecular weight is 443 g/mol. The summed E-state index contributed by atoms with van der Waals surface area (Å²) in [7, 11) is 1.63. The van der Waals surface area contributed by atoms with Crippen LogP contribution in [0, 0.1) is 6.92 Å². The number of carbonyl (C=O) groups excluding carboxylic acids is 2. The molecule has 0 saturated heterocycles. The lowest BCUT2D eigenvalue weighted by atomic mass is 10.1. The molecule has 1 atom stereocenters. The van der Waals surface area contributed by atoms with E-state index in [-0.39, 0.29) is 11.8 Å². The second-order valence-corrected chi connectivity index (χ2v) is 8.49. The van der Waals surface area contributed by atoms with Crippen molar-refractivity contribution >= 4 is 23.6 Å². The molecule has 5 nitrogen and oxygen atoms in total. The molecule has 31 heavy (non-hydrogen) atoms. The summed E-state index contributed by atoms with van der Waals surface area (Å²) in [6.07, 6.45) is 1.43. The summed E-state index contributed by atoms with van der Waals surface area (Å²) in [6, 6.07) is 15.4. The van der Waals surface area contributed by atoms with Crippen LogP contribution in [0.1, 0.15) is 43.4 Å². The number of amides is 2. The van der Waals surface area contributed by atoms with Gasteiger partial charge in [-0.05, 0) is 48.6 Å². The molecule has 168 valence electrons. The standard InChI is InChI=1S/C25H34N2O3S/c1-5-15-26-25(29)23(6-2)27(16-20-11-13-22(30-4)14-12-20)24(28)18-31-17-21-10-8-7-9-19(21)3/h7-14,23H,5-6,15-18H2,1-4H3,(H,26,29)/t23-/m1/s1. The van der Waals surface area contributed by atoms with E-state index in [1.165, 1.54) is 11.1 Å². The van der Waals surface area contributed by atoms with E-state index in [4.69, 9.17) is 4.74 Å². The van der Waals surface area contributed by atoms with Crippen LogP contribution >= 0.6 is 11.8 Å². The molecule has 2 rings (SSSR count). The number of benzene rings is 2. The van der Waals surface area contributed by atoms with Gasteiger partial charge in [-0.1, -0.05) is 50.2 Å². The fourth-order valence-corrected chi connectivity index (χ4v) is 4.30. The highest BCUT2D eigenvalue weighted by atomic mass is 32.2. The van der Waals surface area contributed by atoms with Crippen molar-refractivity contribution in [3.8, 4) is 5.75 Å². The molecule has 0 aromatic heterocycles. The van der Waals surface area contributed by atoms with E-state index in [0.29, 0.717) is 25.3 Å². The van der Waals surface area contributed by atoms with Gasteiger partial charge in [-0.25, -0.2) is 0 Å². The summed E-state index contributed by atoms with van der Waals surface area (Å²) in [5.41, 5.74) is 3.43. The van der Waals surface area contributed by atoms with E-state index in [9.17, 15) is 9.59 Å². The highest BCUT2D eigenvalue weighted by Gasteiger charge is 2.28. The number of methoxy groups -OCH3 is 1. The SMILES string of the molecule is CCCNC(=O)[C@@H](CC)N(Cc1ccc(OC)cc1)C(=O)CSCc1ccccc1C. The fraction of sp³-hybridized carbons (Fsp3) is 0.440. The third kappa shape index (κ3) is 7.62. The molecule has 2 amide bonds. The van der Waals surface area contributed by atoms with E-state index in [2.05, 4.69) is 24.4 Å². The van der Waals surface area contributed by atoms with E-state index in [1.807, 2.05) is 50.2 Å². The Hall–Kier alpha value is -2.47. The minimum Gasteiger partial charge on any atom is -0.497 e. The van der Waals surface area contributed by atoms with E-state index < -0.39 is 6.04 Å². The molecule has 0 fully saturated rings. The van der Waals surface area contributed by atoms with Crippen molar-refractivity contribution in [2.75, 3.05) is 19.4 Å². The van der Waals surface area contributed by atoms with Crippen LogP contribution in [0.15, 0.2) is 48.5 Å². The number of nitrogens with one attached hydrogen (secondary N) is 1. The highest BCUT2D eigenvalue weighted by molar-refractivity contribution is 7.99. The number of ether oxygens (including phenoxy) is 1. The first kappa shape index (κ1) is 24.8. The van der Waals surface area contributed by atoms with Gasteiger partial charge in [-0.3, -0.25) is 9.59 Å². The van der Waals surface area contributed by atoms with Gasteiger partial charge in [0.2, 0.25) is 11.8 Å². The van der Waals surface area contributed by atoms with Gasteiger partial charge in [-0.15, -0.1) is 11.8 Å². The van der Waals surface area contributed by atoms with Crippen LogP contribution < -0.4 is 10.1 Å². The maximum Gasteiger partial charge on any atom is 0.242 e. The van der Waals surface area contributed by atoms with Crippen molar-refractivity contribution in [1.29, 1.82) is 0 Å². The molecule has 0 unspecified atom stereocenters. The number of hydrogen-bond donors (Lipinski definition) is 1. The highest BCUT2D eigenvalue weighted by Crippen LogP contribution is 2.20. The smallest absolute Gasteiger partial charge is 0.242 e. The number of rotatable bonds is 12. The number of nitrogens with zero attached hydrogens (tertiary/aromatic N) is 1. The maximum atomic E-state index is 13.2. The molecule has 0 aliphatic rings. The van der Waals surface area contributed by atoms with Crippen molar-refractivity contribution in [3.05, 3.63) is 65.2 Å². The van der Waals surface area contributed by atoms with Gasteiger partial charge in [0.15, 0.2) is 0 Å². The Morgan fingerprint density at radius 2 is 1.81 bits per heavy atom. The molecule has 0 bridgehead atoms. The lowest BCUT2D eigenvalue weighted by Crippen LogP contribution is -2.49. The van der Waals surface area contributed by atoms with Gasteiger partial charge < -0.3 is 15.0 Å². The molecule has 0 aliphatic heterocycles. The summed E-state index contributed by atoms with van der Waals surface area (Å²) in [4.78, 5) is 27.7. The average Bonchev–Trinajstić information content (AvgIpc) is 2.79. The second kappa shape index (κ2) is 13.1. The molecule has 1 N–H and O–H groups in total. The zero-order chi connectivity index (χ0) is 22.6. The van der Waals surface area contributed by atoms with Crippen molar-refractivity contribution in [2.24, 2.45) is 0 Å². The largest absolute Gasteiger partial charge is 0.497 e. The van der Waals surface area contributed by atoms with Crippen LogP contribution in [0.3, 0.4) is 0 Å². The molecule has 0 radical (unpaired) electrons. The molecule has 0 spiro atoms. The van der Waals surface area contributed by atoms with Gasteiger partial charge >= 0.3 is 0 Å². The Kier molecular flexibility index (Phi) is 10.4. The summed E-state index contributed by atoms with van der Waals surface area (Å²) in [6.45, 7) is 7.06. The third-order valence-electron chi connectivity index (χ3n) is 5.19. The zero-order valence-electron chi connectivity index (χ0n) is 19.0. The monoisotopic (exact) mass is 442 g/mol. The normalized spacial score (nSPS) is 11.6. The minimum absolute atomic E-state index is 0.0205. The molecule has 6 heteroatoms. The van der Waals surface area contributed by atoms with Crippen molar-refractivity contribution in [2.45, 2.75) is 52.0 Å². The molecular formula is C25H34N2O3S. The third-order valence-corrected chi connectivity index (χ3v) is 6.16. The predicted molar refractivity (Wildman–Crippen MR) is 128 cm³/mol. The Labute approximate surface area is 190 Å². The van der Waals surface area contributed by atoms with Gasteiger partial charge in [0, 0.05) is 18.8 Å². The minimum atomic E-state index is -0.486. The second-order valence-electron chi connectivity index (χ2n) is 7.50. The van der Waals surface area contributed by atoms with Crippen molar-refractivity contribution in [3.63, 3.8) is 0 Å². The van der Waals surface area contributed by atoms with Crippen LogP contribution in [0.25, 0.3) is 0 Å². The predicted octanol–water partition coefficient (Wildman–Crippen LogP) is 4.57. The summed E-state index contributed by atoms with van der Waals surface area (Å²) >= 11 is 1.59. The Morgan fingerprint density at radius 3 is 2.42 bits per heavy atom.